The zero-order valence-electron chi connectivity index (χ0n) is 13.3. The second kappa shape index (κ2) is 7.67. The third-order valence-corrected chi connectivity index (χ3v) is 4.61. The second-order valence-corrected chi connectivity index (χ2v) is 6.57. The molecule has 2 amide bonds. The predicted molar refractivity (Wildman–Crippen MR) is 95.0 cm³/mol. The first-order valence-electron chi connectivity index (χ1n) is 8.19. The van der Waals surface area contributed by atoms with Crippen molar-refractivity contribution in [1.82, 2.24) is 4.90 Å². The minimum atomic E-state index is -0.233. The molecule has 3 rings (SSSR count). The maximum absolute atomic E-state index is 13.1. The van der Waals surface area contributed by atoms with Gasteiger partial charge in [0.15, 0.2) is 0 Å². The van der Waals surface area contributed by atoms with Crippen LogP contribution in [0.1, 0.15) is 30.7 Å². The van der Waals surface area contributed by atoms with E-state index < -0.39 is 0 Å². The van der Waals surface area contributed by atoms with Gasteiger partial charge in [-0.3, -0.25) is 0 Å². The van der Waals surface area contributed by atoms with Crippen molar-refractivity contribution in [3.63, 3.8) is 0 Å². The maximum atomic E-state index is 13.1. The maximum Gasteiger partial charge on any atom is 0.321 e. The van der Waals surface area contributed by atoms with Crippen LogP contribution in [0.15, 0.2) is 48.5 Å². The molecule has 1 aliphatic rings. The number of amides is 2. The van der Waals surface area contributed by atoms with Crippen molar-refractivity contribution in [2.75, 3.05) is 18.4 Å². The van der Waals surface area contributed by atoms with E-state index in [1.165, 1.54) is 12.1 Å². The van der Waals surface area contributed by atoms with E-state index in [2.05, 4.69) is 5.32 Å². The molecule has 0 spiro atoms. The van der Waals surface area contributed by atoms with Gasteiger partial charge in [0.2, 0.25) is 0 Å². The third-order valence-electron chi connectivity index (χ3n) is 4.38. The van der Waals surface area contributed by atoms with Crippen LogP contribution in [0.3, 0.4) is 0 Å². The van der Waals surface area contributed by atoms with Gasteiger partial charge in [-0.05, 0) is 48.7 Å². The number of likely N-dealkylation sites (tertiary alicyclic amines) is 1. The molecule has 5 heteroatoms. The molecule has 1 atom stereocenters. The molecule has 0 aliphatic carbocycles. The van der Waals surface area contributed by atoms with E-state index in [9.17, 15) is 9.18 Å². The van der Waals surface area contributed by atoms with Gasteiger partial charge in [0.25, 0.3) is 0 Å². The molecule has 126 valence electrons. The average Bonchev–Trinajstić information content (AvgIpc) is 2.82. The van der Waals surface area contributed by atoms with Crippen molar-refractivity contribution in [2.45, 2.75) is 25.2 Å². The molecule has 0 saturated carbocycles. The van der Waals surface area contributed by atoms with Gasteiger partial charge in [-0.2, -0.15) is 0 Å². The lowest BCUT2D eigenvalue weighted by Gasteiger charge is -2.25. The predicted octanol–water partition coefficient (Wildman–Crippen LogP) is 5.28. The van der Waals surface area contributed by atoms with E-state index in [-0.39, 0.29) is 17.8 Å². The summed E-state index contributed by atoms with van der Waals surface area (Å²) in [5, 5.41) is 3.49. The minimum absolute atomic E-state index is 0.119. The van der Waals surface area contributed by atoms with Crippen LogP contribution in [0.4, 0.5) is 14.9 Å². The Balaban J connectivity index is 1.70. The van der Waals surface area contributed by atoms with Gasteiger partial charge < -0.3 is 10.2 Å². The Morgan fingerprint density at radius 3 is 2.71 bits per heavy atom. The van der Waals surface area contributed by atoms with Crippen molar-refractivity contribution in [1.29, 1.82) is 0 Å². The zero-order valence-corrected chi connectivity index (χ0v) is 14.1. The lowest BCUT2D eigenvalue weighted by atomic mass is 9.94. The fourth-order valence-electron chi connectivity index (χ4n) is 3.10. The highest BCUT2D eigenvalue weighted by atomic mass is 35.5. The number of anilines is 1. The molecule has 0 aromatic heterocycles. The first kappa shape index (κ1) is 16.8. The molecular weight excluding hydrogens is 327 g/mol. The molecule has 1 aliphatic heterocycles. The van der Waals surface area contributed by atoms with Crippen LogP contribution in [0.5, 0.6) is 0 Å². The summed E-state index contributed by atoms with van der Waals surface area (Å²) in [6, 6.07) is 13.6. The second-order valence-electron chi connectivity index (χ2n) is 6.13. The van der Waals surface area contributed by atoms with E-state index in [0.717, 1.165) is 31.4 Å². The van der Waals surface area contributed by atoms with Crippen LogP contribution < -0.4 is 5.32 Å². The van der Waals surface area contributed by atoms with Crippen LogP contribution in [0, 0.1) is 5.82 Å². The fourth-order valence-corrected chi connectivity index (χ4v) is 3.29. The summed E-state index contributed by atoms with van der Waals surface area (Å²) in [5.74, 6) is 0.00105. The molecule has 1 N–H and O–H groups in total. The van der Waals surface area contributed by atoms with E-state index in [0.29, 0.717) is 17.3 Å². The monoisotopic (exact) mass is 346 g/mol. The van der Waals surface area contributed by atoms with Crippen LogP contribution in [0.25, 0.3) is 0 Å². The van der Waals surface area contributed by atoms with Crippen LogP contribution in [0.2, 0.25) is 5.02 Å². The van der Waals surface area contributed by atoms with Gasteiger partial charge in [0, 0.05) is 29.7 Å². The van der Waals surface area contributed by atoms with E-state index >= 15 is 0 Å². The highest BCUT2D eigenvalue weighted by Gasteiger charge is 2.23. The molecule has 24 heavy (non-hydrogen) atoms. The number of benzene rings is 2. The van der Waals surface area contributed by atoms with Gasteiger partial charge in [0.1, 0.15) is 5.82 Å². The summed E-state index contributed by atoms with van der Waals surface area (Å²) >= 11 is 5.96. The smallest absolute Gasteiger partial charge is 0.321 e. The lowest BCUT2D eigenvalue weighted by molar-refractivity contribution is 0.211. The van der Waals surface area contributed by atoms with Gasteiger partial charge >= 0.3 is 6.03 Å². The number of hydrogen-bond donors (Lipinski definition) is 1. The standard InChI is InChI=1S/C19H20ClFN2O/c20-16-5-3-6-18(12-16)22-19(24)23-11-2-1-4-15(13-23)14-7-9-17(21)10-8-14/h3,5-10,12,15H,1-2,4,11,13H2,(H,22,24). The van der Waals surface area contributed by atoms with Crippen LogP contribution in [-0.2, 0) is 0 Å². The molecule has 1 unspecified atom stereocenters. The number of nitrogens with one attached hydrogen (secondary N) is 1. The molecule has 3 nitrogen and oxygen atoms in total. The number of halogens is 2. The topological polar surface area (TPSA) is 32.3 Å². The largest absolute Gasteiger partial charge is 0.324 e. The third kappa shape index (κ3) is 4.26. The fraction of sp³-hybridized carbons (Fsp3) is 0.316. The summed E-state index contributed by atoms with van der Waals surface area (Å²) in [4.78, 5) is 14.4. The lowest BCUT2D eigenvalue weighted by Crippen LogP contribution is -2.37. The zero-order chi connectivity index (χ0) is 16.9. The quantitative estimate of drug-likeness (QED) is 0.788. The van der Waals surface area contributed by atoms with Crippen molar-refractivity contribution >= 4 is 23.3 Å². The Morgan fingerprint density at radius 2 is 1.96 bits per heavy atom. The minimum Gasteiger partial charge on any atom is -0.324 e. The molecule has 1 saturated heterocycles. The summed E-state index contributed by atoms with van der Waals surface area (Å²) < 4.78 is 13.1. The van der Waals surface area contributed by atoms with Crippen molar-refractivity contribution in [2.24, 2.45) is 0 Å². The normalized spacial score (nSPS) is 18.1. The Hall–Kier alpha value is -2.07. The SMILES string of the molecule is O=C(Nc1cccc(Cl)c1)N1CCCCC(c2ccc(F)cc2)C1. The van der Waals surface area contributed by atoms with Gasteiger partial charge in [-0.1, -0.05) is 36.2 Å². The Kier molecular flexibility index (Phi) is 5.36. The van der Waals surface area contributed by atoms with E-state index in [4.69, 9.17) is 11.6 Å². The first-order chi connectivity index (χ1) is 11.6. The van der Waals surface area contributed by atoms with Gasteiger partial charge in [-0.25, -0.2) is 9.18 Å². The number of rotatable bonds is 2. The van der Waals surface area contributed by atoms with Crippen LogP contribution in [-0.4, -0.2) is 24.0 Å². The molecule has 2 aromatic carbocycles. The molecule has 2 aromatic rings. The number of nitrogens with zero attached hydrogens (tertiary/aromatic N) is 1. The molecule has 1 heterocycles. The molecular formula is C19H20ClFN2O. The highest BCUT2D eigenvalue weighted by Crippen LogP contribution is 2.27. The average molecular weight is 347 g/mol. The Bertz CT molecular complexity index is 705. The highest BCUT2D eigenvalue weighted by molar-refractivity contribution is 6.30. The van der Waals surface area contributed by atoms with E-state index in [1.54, 1.807) is 12.1 Å². The summed E-state index contributed by atoms with van der Waals surface area (Å²) in [6.45, 7) is 1.36. The van der Waals surface area contributed by atoms with Crippen molar-refractivity contribution < 1.29 is 9.18 Å². The number of carbonyl (C=O) groups is 1. The Labute approximate surface area is 146 Å². The number of carbonyl (C=O) groups excluding carboxylic acids is 1. The first-order valence-corrected chi connectivity index (χ1v) is 8.56. The van der Waals surface area contributed by atoms with Crippen molar-refractivity contribution in [3.05, 3.63) is 64.9 Å². The van der Waals surface area contributed by atoms with Gasteiger partial charge in [-0.15, -0.1) is 0 Å². The molecule has 1 fully saturated rings. The van der Waals surface area contributed by atoms with Gasteiger partial charge in [0.05, 0.1) is 0 Å². The molecule has 0 radical (unpaired) electrons. The summed E-state index contributed by atoms with van der Waals surface area (Å²) in [7, 11) is 0. The van der Waals surface area contributed by atoms with E-state index in [1.807, 2.05) is 29.2 Å². The number of hydrogen-bond acceptors (Lipinski definition) is 1. The summed E-state index contributed by atoms with van der Waals surface area (Å²) in [5.41, 5.74) is 1.77. The van der Waals surface area contributed by atoms with Crippen LogP contribution >= 0.6 is 11.6 Å². The number of urea groups is 1. The van der Waals surface area contributed by atoms with Crippen molar-refractivity contribution in [3.8, 4) is 0 Å². The summed E-state index contributed by atoms with van der Waals surface area (Å²) in [6.07, 6.45) is 3.04. The molecule has 0 bridgehead atoms. The Morgan fingerprint density at radius 1 is 1.17 bits per heavy atom.